The lowest BCUT2D eigenvalue weighted by molar-refractivity contribution is 0.0936. The number of para-hydroxylation sites is 1. The van der Waals surface area contributed by atoms with Crippen LogP contribution in [0.2, 0.25) is 0 Å². The summed E-state index contributed by atoms with van der Waals surface area (Å²) in [4.78, 5) is 15.7. The number of benzene rings is 3. The van der Waals surface area contributed by atoms with Crippen LogP contribution in [0, 0.1) is 5.92 Å². The summed E-state index contributed by atoms with van der Waals surface area (Å²) in [5, 5.41) is 2.32. The quantitative estimate of drug-likeness (QED) is 0.652. The van der Waals surface area contributed by atoms with E-state index < -0.39 is 0 Å². The summed E-state index contributed by atoms with van der Waals surface area (Å²) in [5.41, 5.74) is 2.96. The van der Waals surface area contributed by atoms with Crippen molar-refractivity contribution in [3.63, 3.8) is 0 Å². The number of hydrogen-bond acceptors (Lipinski definition) is 2. The van der Waals surface area contributed by atoms with E-state index in [9.17, 15) is 4.79 Å². The van der Waals surface area contributed by atoms with Gasteiger partial charge in [-0.2, -0.15) is 0 Å². The number of Topliss-reactive ketones (excluding diaryl/α,β-unsaturated/α-hetero) is 1. The highest BCUT2D eigenvalue weighted by Crippen LogP contribution is 2.61. The molecule has 1 aliphatic carbocycles. The van der Waals surface area contributed by atoms with Gasteiger partial charge in [-0.05, 0) is 40.8 Å². The molecule has 0 radical (unpaired) electrons. The molecule has 1 heterocycles. The minimum absolute atomic E-state index is 0.291. The molecule has 0 amide bonds. The second kappa shape index (κ2) is 4.70. The van der Waals surface area contributed by atoms with E-state index in [-0.39, 0.29) is 5.41 Å². The van der Waals surface area contributed by atoms with Crippen LogP contribution >= 0.6 is 0 Å². The van der Waals surface area contributed by atoms with Gasteiger partial charge in [-0.25, -0.2) is 0 Å². The maximum Gasteiger partial charge on any atom is 0.173 e. The molecule has 1 saturated carbocycles. The smallest absolute Gasteiger partial charge is 0.173 e. The molecule has 24 heavy (non-hydrogen) atoms. The third-order valence-electron chi connectivity index (χ3n) is 5.81. The molecule has 0 spiro atoms. The summed E-state index contributed by atoms with van der Waals surface area (Å²) < 4.78 is 0. The Morgan fingerprint density at radius 2 is 1.75 bits per heavy atom. The van der Waals surface area contributed by atoms with Gasteiger partial charge in [0.25, 0.3) is 0 Å². The normalized spacial score (nSPS) is 24.4. The number of anilines is 1. The largest absolute Gasteiger partial charge is 0.374 e. The summed E-state index contributed by atoms with van der Waals surface area (Å²) in [5.74, 6) is 0.732. The molecule has 0 unspecified atom stereocenters. The van der Waals surface area contributed by atoms with Gasteiger partial charge in [0, 0.05) is 24.8 Å². The van der Waals surface area contributed by atoms with Gasteiger partial charge in [-0.3, -0.25) is 4.79 Å². The van der Waals surface area contributed by atoms with E-state index >= 15 is 0 Å². The van der Waals surface area contributed by atoms with Crippen LogP contribution < -0.4 is 4.90 Å². The SMILES string of the molecule is CN1C[C@@H]2C[C@]2(C(=O)c2ccc3ccccc3c2)c2ccccc21. The van der Waals surface area contributed by atoms with Crippen molar-refractivity contribution in [1.29, 1.82) is 0 Å². The molecule has 2 aliphatic rings. The number of fused-ring (bicyclic) bond motifs is 4. The minimum atomic E-state index is -0.300. The van der Waals surface area contributed by atoms with Gasteiger partial charge < -0.3 is 4.90 Å². The van der Waals surface area contributed by atoms with Crippen LogP contribution in [0.1, 0.15) is 22.3 Å². The molecule has 3 aromatic carbocycles. The van der Waals surface area contributed by atoms with E-state index in [0.717, 1.165) is 23.9 Å². The van der Waals surface area contributed by atoms with Crippen LogP contribution in [-0.4, -0.2) is 19.4 Å². The van der Waals surface area contributed by atoms with Gasteiger partial charge in [0.2, 0.25) is 0 Å². The zero-order chi connectivity index (χ0) is 16.3. The Bertz CT molecular complexity index is 976. The molecule has 0 bridgehead atoms. The molecule has 2 nitrogen and oxygen atoms in total. The fourth-order valence-corrected chi connectivity index (χ4v) is 4.48. The van der Waals surface area contributed by atoms with Crippen molar-refractivity contribution in [1.82, 2.24) is 0 Å². The molecule has 0 N–H and O–H groups in total. The molecule has 2 atom stereocenters. The Kier molecular flexibility index (Phi) is 2.70. The standard InChI is InChI=1S/C22H19NO/c1-23-14-18-13-22(18,19-8-4-5-9-20(19)23)21(24)17-11-10-15-6-2-3-7-16(15)12-17/h2-12,18H,13-14H2,1H3/t18-,22+/m0/s1. The van der Waals surface area contributed by atoms with Crippen LogP contribution in [0.25, 0.3) is 10.8 Å². The first-order valence-electron chi connectivity index (χ1n) is 8.54. The lowest BCUT2D eigenvalue weighted by Crippen LogP contribution is -2.35. The first-order valence-corrected chi connectivity index (χ1v) is 8.54. The van der Waals surface area contributed by atoms with Gasteiger partial charge in [-0.1, -0.05) is 54.6 Å². The van der Waals surface area contributed by atoms with Crippen LogP contribution in [0.3, 0.4) is 0 Å². The van der Waals surface area contributed by atoms with E-state index in [1.807, 2.05) is 18.2 Å². The Balaban J connectivity index is 1.63. The molecular formula is C22H19NO. The molecule has 0 saturated heterocycles. The number of ketones is 1. The Morgan fingerprint density at radius 3 is 2.62 bits per heavy atom. The summed E-state index contributed by atoms with van der Waals surface area (Å²) in [7, 11) is 2.13. The molecule has 3 aromatic rings. The highest BCUT2D eigenvalue weighted by atomic mass is 16.1. The predicted octanol–water partition coefficient (Wildman–Crippen LogP) is 4.43. The van der Waals surface area contributed by atoms with E-state index in [1.54, 1.807) is 0 Å². The van der Waals surface area contributed by atoms with Crippen molar-refractivity contribution in [3.05, 3.63) is 77.9 Å². The predicted molar refractivity (Wildman–Crippen MR) is 97.8 cm³/mol. The van der Waals surface area contributed by atoms with Gasteiger partial charge in [0.1, 0.15) is 0 Å². The zero-order valence-electron chi connectivity index (χ0n) is 13.7. The van der Waals surface area contributed by atoms with Crippen LogP contribution in [0.15, 0.2) is 66.7 Å². The topological polar surface area (TPSA) is 20.3 Å². The van der Waals surface area contributed by atoms with Crippen molar-refractivity contribution in [3.8, 4) is 0 Å². The number of rotatable bonds is 2. The van der Waals surface area contributed by atoms with E-state index in [2.05, 4.69) is 60.5 Å². The van der Waals surface area contributed by atoms with E-state index in [4.69, 9.17) is 0 Å². The Labute approximate surface area is 141 Å². The van der Waals surface area contributed by atoms with Crippen molar-refractivity contribution in [2.45, 2.75) is 11.8 Å². The van der Waals surface area contributed by atoms with E-state index in [0.29, 0.717) is 11.7 Å². The average molecular weight is 313 g/mol. The summed E-state index contributed by atoms with van der Waals surface area (Å²) >= 11 is 0. The third kappa shape index (κ3) is 1.74. The average Bonchev–Trinajstić information content (AvgIpc) is 3.36. The number of hydrogen-bond donors (Lipinski definition) is 0. The molecule has 118 valence electrons. The maximum atomic E-state index is 13.5. The van der Waals surface area contributed by atoms with Crippen LogP contribution in [0.4, 0.5) is 5.69 Å². The number of nitrogens with zero attached hydrogens (tertiary/aromatic N) is 1. The molecular weight excluding hydrogens is 294 g/mol. The van der Waals surface area contributed by atoms with Gasteiger partial charge in [0.05, 0.1) is 5.41 Å². The summed E-state index contributed by atoms with van der Waals surface area (Å²) in [6, 6.07) is 22.8. The van der Waals surface area contributed by atoms with Gasteiger partial charge in [0.15, 0.2) is 5.78 Å². The van der Waals surface area contributed by atoms with Crippen LogP contribution in [0.5, 0.6) is 0 Å². The van der Waals surface area contributed by atoms with Crippen molar-refractivity contribution >= 4 is 22.2 Å². The molecule has 1 fully saturated rings. The highest BCUT2D eigenvalue weighted by molar-refractivity contribution is 6.09. The van der Waals surface area contributed by atoms with Crippen molar-refractivity contribution in [2.24, 2.45) is 5.92 Å². The highest BCUT2D eigenvalue weighted by Gasteiger charge is 2.63. The summed E-state index contributed by atoms with van der Waals surface area (Å²) in [6.07, 6.45) is 0.972. The first-order chi connectivity index (χ1) is 11.7. The molecule has 1 aliphatic heterocycles. The Morgan fingerprint density at radius 1 is 1.00 bits per heavy atom. The fraction of sp³-hybridized carbons (Fsp3) is 0.227. The van der Waals surface area contributed by atoms with Gasteiger partial charge in [-0.15, -0.1) is 0 Å². The number of carbonyl (C=O) groups excluding carboxylic acids is 1. The van der Waals surface area contributed by atoms with Gasteiger partial charge >= 0.3 is 0 Å². The minimum Gasteiger partial charge on any atom is -0.374 e. The fourth-order valence-electron chi connectivity index (χ4n) is 4.48. The maximum absolute atomic E-state index is 13.5. The molecule has 2 heteroatoms. The zero-order valence-corrected chi connectivity index (χ0v) is 13.7. The van der Waals surface area contributed by atoms with Crippen LogP contribution in [-0.2, 0) is 5.41 Å². The second-order valence-electron chi connectivity index (χ2n) is 7.16. The monoisotopic (exact) mass is 313 g/mol. The molecule has 5 rings (SSSR count). The van der Waals surface area contributed by atoms with E-state index in [1.165, 1.54) is 16.6 Å². The third-order valence-corrected chi connectivity index (χ3v) is 5.81. The van der Waals surface area contributed by atoms with Crippen molar-refractivity contribution in [2.75, 3.05) is 18.5 Å². The second-order valence-corrected chi connectivity index (χ2v) is 7.16. The number of carbonyl (C=O) groups is 1. The molecule has 0 aromatic heterocycles. The first kappa shape index (κ1) is 13.8. The lowest BCUT2D eigenvalue weighted by atomic mass is 9.81. The summed E-state index contributed by atoms with van der Waals surface area (Å²) in [6.45, 7) is 0.969. The Hall–Kier alpha value is -2.61. The lowest BCUT2D eigenvalue weighted by Gasteiger charge is -2.32. The van der Waals surface area contributed by atoms with Crippen molar-refractivity contribution < 1.29 is 4.79 Å².